The van der Waals surface area contributed by atoms with Crippen LogP contribution in [0.4, 0.5) is 0 Å². The molecule has 108 valence electrons. The Morgan fingerprint density at radius 1 is 1.15 bits per heavy atom. The van der Waals surface area contributed by atoms with Crippen LogP contribution in [0.25, 0.3) is 5.76 Å². The summed E-state index contributed by atoms with van der Waals surface area (Å²) in [5.41, 5.74) is 0.342. The SMILES string of the molecule is CC1(C)OC2=C(CS(=O)(=O)c3ccccc32)SC1(C)C. The van der Waals surface area contributed by atoms with Crippen LogP contribution in [0, 0.1) is 0 Å². The molecule has 0 saturated carbocycles. The van der Waals surface area contributed by atoms with Gasteiger partial charge in [0.1, 0.15) is 11.4 Å². The fraction of sp³-hybridized carbons (Fsp3) is 0.467. The molecule has 20 heavy (non-hydrogen) atoms. The first kappa shape index (κ1) is 14.0. The molecule has 2 aliphatic rings. The highest BCUT2D eigenvalue weighted by Crippen LogP contribution is 2.53. The highest BCUT2D eigenvalue weighted by atomic mass is 32.2. The molecule has 5 heteroatoms. The van der Waals surface area contributed by atoms with Crippen LogP contribution in [-0.2, 0) is 14.6 Å². The molecule has 2 heterocycles. The van der Waals surface area contributed by atoms with Crippen LogP contribution >= 0.6 is 11.8 Å². The van der Waals surface area contributed by atoms with Crippen molar-refractivity contribution in [3.05, 3.63) is 34.7 Å². The van der Waals surface area contributed by atoms with Crippen molar-refractivity contribution in [3.63, 3.8) is 0 Å². The number of rotatable bonds is 0. The molecule has 0 radical (unpaired) electrons. The van der Waals surface area contributed by atoms with Crippen LogP contribution in [0.2, 0.25) is 0 Å². The van der Waals surface area contributed by atoms with E-state index >= 15 is 0 Å². The van der Waals surface area contributed by atoms with Crippen molar-refractivity contribution < 1.29 is 13.2 Å². The average Bonchev–Trinajstić information content (AvgIpc) is 2.32. The minimum atomic E-state index is -3.26. The lowest BCUT2D eigenvalue weighted by Gasteiger charge is -2.47. The minimum Gasteiger partial charge on any atom is -0.485 e. The maximum absolute atomic E-state index is 12.4. The molecule has 0 N–H and O–H groups in total. The first-order chi connectivity index (χ1) is 9.14. The molecule has 0 unspecified atom stereocenters. The Labute approximate surface area is 124 Å². The van der Waals surface area contributed by atoms with E-state index in [1.165, 1.54) is 0 Å². The van der Waals surface area contributed by atoms with Crippen molar-refractivity contribution in [2.45, 2.75) is 42.9 Å². The maximum Gasteiger partial charge on any atom is 0.183 e. The third kappa shape index (κ3) is 1.91. The van der Waals surface area contributed by atoms with Crippen LogP contribution in [0.5, 0.6) is 0 Å². The van der Waals surface area contributed by atoms with Crippen LogP contribution in [0.1, 0.15) is 33.3 Å². The Morgan fingerprint density at radius 2 is 1.80 bits per heavy atom. The Balaban J connectivity index is 2.24. The summed E-state index contributed by atoms with van der Waals surface area (Å²) in [5.74, 6) is 0.786. The predicted octanol–water partition coefficient (Wildman–Crippen LogP) is 3.46. The van der Waals surface area contributed by atoms with Gasteiger partial charge in [-0.3, -0.25) is 0 Å². The van der Waals surface area contributed by atoms with E-state index in [-0.39, 0.29) is 16.1 Å². The van der Waals surface area contributed by atoms with Gasteiger partial charge in [-0.1, -0.05) is 12.1 Å². The smallest absolute Gasteiger partial charge is 0.183 e. The molecule has 0 saturated heterocycles. The largest absolute Gasteiger partial charge is 0.485 e. The quantitative estimate of drug-likeness (QED) is 0.736. The Morgan fingerprint density at radius 3 is 2.50 bits per heavy atom. The zero-order valence-corrected chi connectivity index (χ0v) is 13.7. The lowest BCUT2D eigenvalue weighted by molar-refractivity contribution is 0.0432. The normalized spacial score (nSPS) is 25.4. The fourth-order valence-electron chi connectivity index (χ4n) is 2.39. The predicted molar refractivity (Wildman–Crippen MR) is 82.2 cm³/mol. The first-order valence-corrected chi connectivity index (χ1v) is 9.04. The number of benzene rings is 1. The summed E-state index contributed by atoms with van der Waals surface area (Å²) in [6, 6.07) is 7.10. The van der Waals surface area contributed by atoms with Gasteiger partial charge in [0.25, 0.3) is 0 Å². The van der Waals surface area contributed by atoms with E-state index < -0.39 is 9.84 Å². The van der Waals surface area contributed by atoms with Gasteiger partial charge in [0, 0.05) is 10.5 Å². The Hall–Kier alpha value is -0.940. The molecule has 0 aromatic heterocycles. The molecular weight excluding hydrogens is 292 g/mol. The zero-order valence-electron chi connectivity index (χ0n) is 12.1. The minimum absolute atomic E-state index is 0.0452. The zero-order chi connectivity index (χ0) is 14.8. The average molecular weight is 310 g/mol. The fourth-order valence-corrected chi connectivity index (χ4v) is 5.65. The van der Waals surface area contributed by atoms with Gasteiger partial charge in [-0.25, -0.2) is 8.42 Å². The summed E-state index contributed by atoms with van der Waals surface area (Å²) < 4.78 is 30.8. The third-order valence-corrected chi connectivity index (χ3v) is 7.68. The van der Waals surface area contributed by atoms with Gasteiger partial charge < -0.3 is 4.74 Å². The van der Waals surface area contributed by atoms with Crippen LogP contribution in [0.3, 0.4) is 0 Å². The van der Waals surface area contributed by atoms with E-state index in [1.807, 2.05) is 12.1 Å². The molecule has 0 aliphatic carbocycles. The van der Waals surface area contributed by atoms with E-state index in [0.29, 0.717) is 10.5 Å². The highest BCUT2D eigenvalue weighted by molar-refractivity contribution is 8.06. The second-order valence-electron chi connectivity index (χ2n) is 6.23. The van der Waals surface area contributed by atoms with E-state index in [2.05, 4.69) is 27.7 Å². The maximum atomic E-state index is 12.4. The van der Waals surface area contributed by atoms with Crippen molar-refractivity contribution in [3.8, 4) is 0 Å². The van der Waals surface area contributed by atoms with E-state index in [0.717, 1.165) is 10.7 Å². The summed E-state index contributed by atoms with van der Waals surface area (Å²) in [4.78, 5) is 1.21. The molecule has 0 spiro atoms. The van der Waals surface area contributed by atoms with Crippen molar-refractivity contribution in [1.82, 2.24) is 0 Å². The van der Waals surface area contributed by atoms with Gasteiger partial charge in [-0.05, 0) is 39.8 Å². The molecule has 0 amide bonds. The second kappa shape index (κ2) is 4.04. The summed E-state index contributed by atoms with van der Waals surface area (Å²) in [6.45, 7) is 8.29. The van der Waals surface area contributed by atoms with Gasteiger partial charge in [0.2, 0.25) is 0 Å². The number of ether oxygens (including phenoxy) is 1. The van der Waals surface area contributed by atoms with E-state index in [9.17, 15) is 8.42 Å². The molecule has 0 fully saturated rings. The Kier molecular flexibility index (Phi) is 2.83. The van der Waals surface area contributed by atoms with Gasteiger partial charge >= 0.3 is 0 Å². The van der Waals surface area contributed by atoms with E-state index in [4.69, 9.17) is 4.74 Å². The third-order valence-electron chi connectivity index (χ3n) is 4.23. The lowest BCUT2D eigenvalue weighted by Crippen LogP contribution is -2.48. The molecule has 3 rings (SSSR count). The number of hydrogen-bond donors (Lipinski definition) is 0. The van der Waals surface area contributed by atoms with Crippen LogP contribution < -0.4 is 0 Å². The van der Waals surface area contributed by atoms with Gasteiger partial charge in [0.05, 0.1) is 15.4 Å². The van der Waals surface area contributed by atoms with Gasteiger partial charge in [-0.15, -0.1) is 11.8 Å². The molecule has 1 aromatic rings. The number of sulfone groups is 1. The summed E-state index contributed by atoms with van der Waals surface area (Å²) in [5, 5.41) is 0. The van der Waals surface area contributed by atoms with Gasteiger partial charge in [0.15, 0.2) is 9.84 Å². The number of fused-ring (bicyclic) bond motifs is 2. The van der Waals surface area contributed by atoms with Gasteiger partial charge in [-0.2, -0.15) is 0 Å². The summed E-state index contributed by atoms with van der Waals surface area (Å²) in [7, 11) is -3.26. The van der Waals surface area contributed by atoms with Crippen LogP contribution in [0.15, 0.2) is 34.1 Å². The number of hydrogen-bond acceptors (Lipinski definition) is 4. The lowest BCUT2D eigenvalue weighted by atomic mass is 9.92. The molecule has 3 nitrogen and oxygen atoms in total. The summed E-state index contributed by atoms with van der Waals surface area (Å²) >= 11 is 1.62. The highest BCUT2D eigenvalue weighted by Gasteiger charge is 2.48. The summed E-state index contributed by atoms with van der Waals surface area (Å²) in [6.07, 6.45) is 0. The standard InChI is InChI=1S/C15H18O3S2/c1-14(2)15(3,4)19-11-9-20(16,17)12-8-6-5-7-10(12)13(11)18-14/h5-8H,9H2,1-4H3. The monoisotopic (exact) mass is 310 g/mol. The molecular formula is C15H18O3S2. The molecule has 1 aromatic carbocycles. The van der Waals surface area contributed by atoms with Crippen LogP contribution in [-0.4, -0.2) is 24.5 Å². The molecule has 0 atom stereocenters. The van der Waals surface area contributed by atoms with Crippen molar-refractivity contribution in [2.24, 2.45) is 0 Å². The molecule has 0 bridgehead atoms. The first-order valence-electron chi connectivity index (χ1n) is 6.57. The Bertz CT molecular complexity index is 712. The topological polar surface area (TPSA) is 43.4 Å². The second-order valence-corrected chi connectivity index (χ2v) is 9.91. The van der Waals surface area contributed by atoms with E-state index in [1.54, 1.807) is 23.9 Å². The molecule has 2 aliphatic heterocycles. The number of thioether (sulfide) groups is 1. The van der Waals surface area contributed by atoms with Crippen molar-refractivity contribution in [1.29, 1.82) is 0 Å². The van der Waals surface area contributed by atoms with Crippen molar-refractivity contribution in [2.75, 3.05) is 5.75 Å². The van der Waals surface area contributed by atoms with Crippen molar-refractivity contribution >= 4 is 27.4 Å².